The maximum Gasteiger partial charge on any atom is 0.208 e. The normalized spacial score (nSPS) is 14.8. The van der Waals surface area contributed by atoms with Crippen LogP contribution >= 0.6 is 12.2 Å². The highest BCUT2D eigenvalue weighted by Crippen LogP contribution is 2.20. The van der Waals surface area contributed by atoms with Gasteiger partial charge in [0.25, 0.3) is 0 Å². The molecule has 1 aliphatic rings. The highest BCUT2D eigenvalue weighted by Gasteiger charge is 2.21. The van der Waals surface area contributed by atoms with Gasteiger partial charge in [0.05, 0.1) is 4.90 Å². The van der Waals surface area contributed by atoms with E-state index in [2.05, 4.69) is 14.2 Å². The lowest BCUT2D eigenvalue weighted by Crippen LogP contribution is -2.22. The van der Waals surface area contributed by atoms with E-state index in [1.54, 1.807) is 18.2 Å². The van der Waals surface area contributed by atoms with Crippen LogP contribution in [0.3, 0.4) is 0 Å². The number of nitrogens with one attached hydrogen (secondary N) is 1. The van der Waals surface area contributed by atoms with Gasteiger partial charge in [0.2, 0.25) is 12.2 Å². The molecule has 19 heavy (non-hydrogen) atoms. The number of oxime groups is 1. The number of hydrogen-bond donors (Lipinski definition) is 1. The lowest BCUT2D eigenvalue weighted by Gasteiger charge is -2.05. The lowest BCUT2D eigenvalue weighted by atomic mass is 10.1. The molecule has 0 amide bonds. The van der Waals surface area contributed by atoms with Crippen LogP contribution in [0.2, 0.25) is 0 Å². The first-order chi connectivity index (χ1) is 9.15. The summed E-state index contributed by atoms with van der Waals surface area (Å²) in [4.78, 5) is 0.285. The molecule has 7 heteroatoms. The average molecular weight is 294 g/mol. The van der Waals surface area contributed by atoms with E-state index in [4.69, 9.17) is 0 Å². The van der Waals surface area contributed by atoms with Crippen LogP contribution in [0.4, 0.5) is 0 Å². The third kappa shape index (κ3) is 2.52. The predicted molar refractivity (Wildman–Crippen MR) is 75.2 cm³/mol. The first-order valence-corrected chi connectivity index (χ1v) is 7.92. The van der Waals surface area contributed by atoms with Gasteiger partial charge in [0, 0.05) is 0 Å². The molecule has 0 fully saturated rings. The van der Waals surface area contributed by atoms with E-state index in [1.807, 2.05) is 24.3 Å². The van der Waals surface area contributed by atoms with Crippen molar-refractivity contribution in [3.63, 3.8) is 0 Å². The smallest absolute Gasteiger partial charge is 0.208 e. The van der Waals surface area contributed by atoms with Crippen molar-refractivity contribution in [2.24, 2.45) is 5.16 Å². The van der Waals surface area contributed by atoms with Gasteiger partial charge in [-0.25, -0.2) is 8.42 Å². The Hall–Kier alpha value is -1.73. The molecule has 0 aliphatic carbocycles. The second-order valence-corrected chi connectivity index (χ2v) is 6.58. The van der Waals surface area contributed by atoms with Gasteiger partial charge < -0.3 is 0 Å². The molecule has 2 aromatic carbocycles. The summed E-state index contributed by atoms with van der Waals surface area (Å²) in [5.41, 5.74) is 0. The monoisotopic (exact) mass is 294 g/mol. The Morgan fingerprint density at radius 1 is 1.16 bits per heavy atom. The fourth-order valence-electron chi connectivity index (χ4n) is 1.83. The molecular formula is C12H10N2O3S2. The molecule has 0 radical (unpaired) electrons. The number of hydrogen-bond acceptors (Lipinski definition) is 6. The van der Waals surface area contributed by atoms with E-state index in [9.17, 15) is 8.42 Å². The second-order valence-electron chi connectivity index (χ2n) is 4.07. The summed E-state index contributed by atoms with van der Waals surface area (Å²) in [6, 6.07) is 12.7. The molecule has 0 saturated heterocycles. The van der Waals surface area contributed by atoms with E-state index in [0.29, 0.717) is 5.84 Å². The zero-order chi connectivity index (χ0) is 13.3. The van der Waals surface area contributed by atoms with Crippen molar-refractivity contribution < 1.29 is 12.7 Å². The van der Waals surface area contributed by atoms with Crippen LogP contribution in [0.1, 0.15) is 0 Å². The first-order valence-electron chi connectivity index (χ1n) is 5.52. The number of benzene rings is 2. The van der Waals surface area contributed by atoms with Crippen LogP contribution in [-0.4, -0.2) is 20.0 Å². The van der Waals surface area contributed by atoms with Gasteiger partial charge in [0.1, 0.15) is 5.75 Å². The third-order valence-electron chi connectivity index (χ3n) is 2.75. The molecular weight excluding hydrogens is 284 g/mol. The molecule has 1 heterocycles. The number of sulfone groups is 1. The first kappa shape index (κ1) is 12.3. The Kier molecular flexibility index (Phi) is 3.08. The Bertz CT molecular complexity index is 756. The summed E-state index contributed by atoms with van der Waals surface area (Å²) in [7, 11) is -3.42. The van der Waals surface area contributed by atoms with E-state index < -0.39 is 9.84 Å². The number of rotatable bonds is 3. The van der Waals surface area contributed by atoms with Crippen molar-refractivity contribution in [1.82, 2.24) is 4.72 Å². The van der Waals surface area contributed by atoms with Crippen LogP contribution in [-0.2, 0) is 14.1 Å². The third-order valence-corrected chi connectivity index (χ3v) is 4.84. The highest BCUT2D eigenvalue weighted by atomic mass is 32.2. The lowest BCUT2D eigenvalue weighted by molar-refractivity contribution is 0.415. The zero-order valence-corrected chi connectivity index (χ0v) is 11.4. The SMILES string of the molecule is O=S(=O)(CC1=NOSN1)c1ccc2ccccc2c1. The van der Waals surface area contributed by atoms with Crippen molar-refractivity contribution in [3.8, 4) is 0 Å². The summed E-state index contributed by atoms with van der Waals surface area (Å²) < 4.78 is 31.8. The summed E-state index contributed by atoms with van der Waals surface area (Å²) >= 11 is 0.902. The zero-order valence-electron chi connectivity index (χ0n) is 9.74. The maximum atomic E-state index is 12.2. The van der Waals surface area contributed by atoms with E-state index >= 15 is 0 Å². The van der Waals surface area contributed by atoms with Crippen LogP contribution in [0.25, 0.3) is 10.8 Å². The van der Waals surface area contributed by atoms with Crippen LogP contribution in [0.15, 0.2) is 52.5 Å². The van der Waals surface area contributed by atoms with Crippen LogP contribution < -0.4 is 4.72 Å². The molecule has 0 unspecified atom stereocenters. The van der Waals surface area contributed by atoms with Crippen molar-refractivity contribution in [2.75, 3.05) is 5.75 Å². The van der Waals surface area contributed by atoms with E-state index in [0.717, 1.165) is 23.0 Å². The molecule has 2 aromatic rings. The molecule has 5 nitrogen and oxygen atoms in total. The van der Waals surface area contributed by atoms with Gasteiger partial charge in [-0.15, -0.1) is 0 Å². The average Bonchev–Trinajstić information content (AvgIpc) is 2.90. The summed E-state index contributed by atoms with van der Waals surface area (Å²) in [5.74, 6) is 0.108. The molecule has 0 saturated carbocycles. The molecule has 0 spiro atoms. The van der Waals surface area contributed by atoms with E-state index in [1.165, 1.54) is 0 Å². The molecule has 3 rings (SSSR count). The molecule has 1 aliphatic heterocycles. The number of fused-ring (bicyclic) bond motifs is 1. The van der Waals surface area contributed by atoms with Crippen LogP contribution in [0.5, 0.6) is 0 Å². The van der Waals surface area contributed by atoms with Crippen molar-refractivity contribution in [1.29, 1.82) is 0 Å². The summed E-state index contributed by atoms with van der Waals surface area (Å²) in [5, 5.41) is 5.51. The van der Waals surface area contributed by atoms with Gasteiger partial charge >= 0.3 is 0 Å². The second kappa shape index (κ2) is 4.75. The Balaban J connectivity index is 1.98. The van der Waals surface area contributed by atoms with Gasteiger partial charge in [-0.2, -0.15) is 0 Å². The Morgan fingerprint density at radius 2 is 1.95 bits per heavy atom. The molecule has 0 atom stereocenters. The van der Waals surface area contributed by atoms with Crippen molar-refractivity contribution in [2.45, 2.75) is 4.90 Å². The summed E-state index contributed by atoms with van der Waals surface area (Å²) in [6.45, 7) is 0. The molecule has 98 valence electrons. The quantitative estimate of drug-likeness (QED) is 0.693. The fourth-order valence-corrected chi connectivity index (χ4v) is 3.52. The van der Waals surface area contributed by atoms with E-state index in [-0.39, 0.29) is 10.6 Å². The molecule has 1 N–H and O–H groups in total. The Labute approximate surface area is 114 Å². The van der Waals surface area contributed by atoms with Gasteiger partial charge in [-0.3, -0.25) is 9.01 Å². The topological polar surface area (TPSA) is 67.8 Å². The standard InChI is InChI=1S/C12H10N2O3S2/c15-19(16,8-12-13-17-18-14-12)11-6-5-9-3-1-2-4-10(9)7-11/h1-7H,8H2,(H,13,14). The minimum Gasteiger partial charge on any atom is -0.297 e. The van der Waals surface area contributed by atoms with Crippen LogP contribution in [0, 0.1) is 0 Å². The van der Waals surface area contributed by atoms with Gasteiger partial charge in [-0.05, 0) is 22.9 Å². The predicted octanol–water partition coefficient (Wildman–Crippen LogP) is 2.11. The fraction of sp³-hybridized carbons (Fsp3) is 0.0833. The number of nitrogens with zero attached hydrogens (tertiary/aromatic N) is 1. The highest BCUT2D eigenvalue weighted by molar-refractivity contribution is 7.94. The minimum absolute atomic E-state index is 0.196. The number of amidine groups is 1. The molecule has 0 aromatic heterocycles. The van der Waals surface area contributed by atoms with Gasteiger partial charge in [0.15, 0.2) is 15.7 Å². The van der Waals surface area contributed by atoms with Gasteiger partial charge in [-0.1, -0.05) is 35.5 Å². The Morgan fingerprint density at radius 3 is 2.68 bits per heavy atom. The van der Waals surface area contributed by atoms with Crippen molar-refractivity contribution >= 4 is 38.7 Å². The maximum absolute atomic E-state index is 12.2. The van der Waals surface area contributed by atoms with Crippen molar-refractivity contribution in [3.05, 3.63) is 42.5 Å². The largest absolute Gasteiger partial charge is 0.297 e. The minimum atomic E-state index is -3.42. The molecule has 0 bridgehead atoms. The summed E-state index contributed by atoms with van der Waals surface area (Å²) in [6.07, 6.45) is 0.